The molecule has 3 N–H and O–H groups in total. The molecule has 2 unspecified atom stereocenters. The van der Waals surface area contributed by atoms with Crippen molar-refractivity contribution in [3.63, 3.8) is 0 Å². The number of benzene rings is 1. The Kier molecular flexibility index (Phi) is 7.45. The maximum absolute atomic E-state index is 13.5. The fraction of sp³-hybridized carbons (Fsp3) is 0.588. The fourth-order valence-corrected chi connectivity index (χ4v) is 2.12. The summed E-state index contributed by atoms with van der Waals surface area (Å²) in [7, 11) is 1.50. The van der Waals surface area contributed by atoms with E-state index in [0.717, 1.165) is 12.0 Å². The van der Waals surface area contributed by atoms with Gasteiger partial charge in [-0.05, 0) is 30.5 Å². The molecule has 0 aliphatic heterocycles. The summed E-state index contributed by atoms with van der Waals surface area (Å²) >= 11 is 0. The topological polar surface area (TPSA) is 70.6 Å². The van der Waals surface area contributed by atoms with E-state index in [2.05, 4.69) is 10.6 Å². The normalized spacial score (nSPS) is 14.9. The van der Waals surface area contributed by atoms with Crippen molar-refractivity contribution < 1.29 is 19.0 Å². The minimum Gasteiger partial charge on any atom is -0.388 e. The molecule has 1 aromatic rings. The van der Waals surface area contributed by atoms with Crippen LogP contribution in [0.5, 0.6) is 0 Å². The predicted octanol–water partition coefficient (Wildman–Crippen LogP) is 2.57. The first-order valence-corrected chi connectivity index (χ1v) is 7.80. The molecule has 0 radical (unpaired) electrons. The van der Waals surface area contributed by atoms with Crippen molar-refractivity contribution in [3.8, 4) is 0 Å². The molecule has 0 fully saturated rings. The molecule has 1 rings (SSSR count). The third kappa shape index (κ3) is 6.15. The standard InChI is InChI=1S/C17H27FN2O3/c1-5-12(2)17(3,22)11-20-16(21)19-9-13-6-7-15(18)14(8-13)10-23-4/h6-8,12,22H,5,9-11H2,1-4H3,(H2,19,20,21). The molecule has 6 heteroatoms. The van der Waals surface area contributed by atoms with Gasteiger partial charge < -0.3 is 20.5 Å². The summed E-state index contributed by atoms with van der Waals surface area (Å²) in [6, 6.07) is 4.27. The van der Waals surface area contributed by atoms with Crippen molar-refractivity contribution in [1.29, 1.82) is 0 Å². The summed E-state index contributed by atoms with van der Waals surface area (Å²) in [4.78, 5) is 11.8. The number of hydrogen-bond acceptors (Lipinski definition) is 3. The predicted molar refractivity (Wildman–Crippen MR) is 87.4 cm³/mol. The van der Waals surface area contributed by atoms with Gasteiger partial charge in [-0.2, -0.15) is 0 Å². The molecule has 2 amide bonds. The first-order valence-electron chi connectivity index (χ1n) is 7.80. The molecule has 0 saturated carbocycles. The average Bonchev–Trinajstić information content (AvgIpc) is 2.53. The van der Waals surface area contributed by atoms with E-state index >= 15 is 0 Å². The fourth-order valence-electron chi connectivity index (χ4n) is 2.12. The largest absolute Gasteiger partial charge is 0.388 e. The van der Waals surface area contributed by atoms with Gasteiger partial charge in [0.05, 0.1) is 12.2 Å². The van der Waals surface area contributed by atoms with Gasteiger partial charge in [-0.3, -0.25) is 0 Å². The van der Waals surface area contributed by atoms with Crippen LogP contribution in [0.25, 0.3) is 0 Å². The van der Waals surface area contributed by atoms with Crippen molar-refractivity contribution in [2.24, 2.45) is 5.92 Å². The van der Waals surface area contributed by atoms with E-state index in [1.807, 2.05) is 13.8 Å². The lowest BCUT2D eigenvalue weighted by molar-refractivity contribution is 0.00790. The van der Waals surface area contributed by atoms with Gasteiger partial charge in [0.15, 0.2) is 0 Å². The Bertz CT molecular complexity index is 521. The Morgan fingerprint density at radius 2 is 2.13 bits per heavy atom. The van der Waals surface area contributed by atoms with Gasteiger partial charge in [-0.15, -0.1) is 0 Å². The van der Waals surface area contributed by atoms with Crippen LogP contribution in [0.15, 0.2) is 18.2 Å². The van der Waals surface area contributed by atoms with Gasteiger partial charge in [0.2, 0.25) is 0 Å². The highest BCUT2D eigenvalue weighted by atomic mass is 19.1. The van der Waals surface area contributed by atoms with Gasteiger partial charge in [-0.1, -0.05) is 26.3 Å². The molecule has 0 aromatic heterocycles. The average molecular weight is 326 g/mol. The Labute approximate surface area is 137 Å². The van der Waals surface area contributed by atoms with E-state index in [1.165, 1.54) is 13.2 Å². The third-order valence-corrected chi connectivity index (χ3v) is 4.14. The van der Waals surface area contributed by atoms with Crippen LogP contribution in [0.3, 0.4) is 0 Å². The SMILES string of the molecule is CCC(C)C(C)(O)CNC(=O)NCc1ccc(F)c(COC)c1. The number of urea groups is 1. The number of amides is 2. The highest BCUT2D eigenvalue weighted by Crippen LogP contribution is 2.18. The maximum Gasteiger partial charge on any atom is 0.315 e. The number of rotatable bonds is 8. The summed E-state index contributed by atoms with van der Waals surface area (Å²) in [5, 5.41) is 15.6. The van der Waals surface area contributed by atoms with E-state index < -0.39 is 5.60 Å². The second-order valence-electron chi connectivity index (χ2n) is 6.06. The maximum atomic E-state index is 13.5. The van der Waals surface area contributed by atoms with Gasteiger partial charge in [0.25, 0.3) is 0 Å². The van der Waals surface area contributed by atoms with Crippen LogP contribution in [0.4, 0.5) is 9.18 Å². The smallest absolute Gasteiger partial charge is 0.315 e. The monoisotopic (exact) mass is 326 g/mol. The lowest BCUT2D eigenvalue weighted by Gasteiger charge is -2.29. The number of ether oxygens (including phenoxy) is 1. The van der Waals surface area contributed by atoms with Crippen molar-refractivity contribution >= 4 is 6.03 Å². The second kappa shape index (κ2) is 8.84. The molecule has 23 heavy (non-hydrogen) atoms. The number of halogens is 1. The molecular weight excluding hydrogens is 299 g/mol. The molecule has 0 heterocycles. The number of nitrogens with one attached hydrogen (secondary N) is 2. The van der Waals surface area contributed by atoms with E-state index in [-0.39, 0.29) is 37.5 Å². The Morgan fingerprint density at radius 1 is 1.43 bits per heavy atom. The molecular formula is C17H27FN2O3. The van der Waals surface area contributed by atoms with Gasteiger partial charge in [0.1, 0.15) is 5.82 Å². The Balaban J connectivity index is 2.49. The zero-order valence-corrected chi connectivity index (χ0v) is 14.3. The Hall–Kier alpha value is -1.66. The molecule has 0 saturated heterocycles. The van der Waals surface area contributed by atoms with Crippen molar-refractivity contribution in [2.75, 3.05) is 13.7 Å². The zero-order valence-electron chi connectivity index (χ0n) is 14.3. The molecule has 1 aromatic carbocycles. The zero-order chi connectivity index (χ0) is 17.5. The summed E-state index contributed by atoms with van der Waals surface area (Å²) in [6.07, 6.45) is 0.828. The molecule has 130 valence electrons. The van der Waals surface area contributed by atoms with Crippen molar-refractivity contribution in [2.45, 2.75) is 45.9 Å². The third-order valence-electron chi connectivity index (χ3n) is 4.14. The van der Waals surface area contributed by atoms with E-state index in [4.69, 9.17) is 4.74 Å². The van der Waals surface area contributed by atoms with Gasteiger partial charge in [0, 0.05) is 25.8 Å². The van der Waals surface area contributed by atoms with E-state index in [9.17, 15) is 14.3 Å². The number of aliphatic hydroxyl groups is 1. The van der Waals surface area contributed by atoms with Crippen LogP contribution in [-0.4, -0.2) is 30.4 Å². The molecule has 2 atom stereocenters. The summed E-state index contributed by atoms with van der Waals surface area (Å²) in [5.74, 6) is -0.249. The lowest BCUT2D eigenvalue weighted by Crippen LogP contribution is -2.47. The molecule has 0 aliphatic carbocycles. The van der Waals surface area contributed by atoms with Crippen molar-refractivity contribution in [3.05, 3.63) is 35.1 Å². The minimum atomic E-state index is -0.951. The van der Waals surface area contributed by atoms with E-state index in [1.54, 1.807) is 19.1 Å². The minimum absolute atomic E-state index is 0.0801. The number of methoxy groups -OCH3 is 1. The molecule has 0 spiro atoms. The molecule has 0 aliphatic rings. The number of carbonyl (C=O) groups is 1. The first-order chi connectivity index (χ1) is 10.8. The summed E-state index contributed by atoms with van der Waals surface area (Å²) in [6.45, 7) is 6.27. The second-order valence-corrected chi connectivity index (χ2v) is 6.06. The van der Waals surface area contributed by atoms with Crippen molar-refractivity contribution in [1.82, 2.24) is 10.6 Å². The Morgan fingerprint density at radius 3 is 2.74 bits per heavy atom. The van der Waals surface area contributed by atoms with Crippen LogP contribution in [0, 0.1) is 11.7 Å². The van der Waals surface area contributed by atoms with Crippen LogP contribution in [-0.2, 0) is 17.9 Å². The van der Waals surface area contributed by atoms with Crippen LogP contribution in [0.2, 0.25) is 0 Å². The lowest BCUT2D eigenvalue weighted by atomic mass is 9.89. The quantitative estimate of drug-likeness (QED) is 0.687. The molecule has 0 bridgehead atoms. The van der Waals surface area contributed by atoms with Gasteiger partial charge >= 0.3 is 6.03 Å². The van der Waals surface area contributed by atoms with Crippen LogP contribution in [0.1, 0.15) is 38.3 Å². The highest BCUT2D eigenvalue weighted by Gasteiger charge is 2.27. The highest BCUT2D eigenvalue weighted by molar-refractivity contribution is 5.73. The van der Waals surface area contributed by atoms with Gasteiger partial charge in [-0.25, -0.2) is 9.18 Å². The summed E-state index contributed by atoms with van der Waals surface area (Å²) in [5.41, 5.74) is 0.280. The number of hydrogen-bond donors (Lipinski definition) is 3. The van der Waals surface area contributed by atoms with E-state index in [0.29, 0.717) is 5.56 Å². The summed E-state index contributed by atoms with van der Waals surface area (Å²) < 4.78 is 18.4. The van der Waals surface area contributed by atoms with Crippen LogP contribution >= 0.6 is 0 Å². The number of carbonyl (C=O) groups excluding carboxylic acids is 1. The van der Waals surface area contributed by atoms with Crippen LogP contribution < -0.4 is 10.6 Å². The molecule has 5 nitrogen and oxygen atoms in total. The first kappa shape index (κ1) is 19.4.